The van der Waals surface area contributed by atoms with Crippen LogP contribution in [0.4, 0.5) is 23.3 Å². The lowest BCUT2D eigenvalue weighted by Crippen LogP contribution is -2.44. The Morgan fingerprint density at radius 2 is 2.03 bits per heavy atom. The lowest BCUT2D eigenvalue weighted by atomic mass is 9.93. The number of hydrogen-bond acceptors (Lipinski definition) is 12. The van der Waals surface area contributed by atoms with Crippen molar-refractivity contribution in [3.05, 3.63) is 24.3 Å². The minimum atomic E-state index is -0.206. The third kappa shape index (κ3) is 7.29. The van der Waals surface area contributed by atoms with Crippen molar-refractivity contribution >= 4 is 29.0 Å². The normalized spacial score (nSPS) is 20.2. The predicted octanol–water partition coefficient (Wildman–Crippen LogP) is 1.13. The van der Waals surface area contributed by atoms with Crippen LogP contribution in [0.1, 0.15) is 38.3 Å². The second-order valence-corrected chi connectivity index (χ2v) is 9.04. The summed E-state index contributed by atoms with van der Waals surface area (Å²) >= 11 is 0. The second kappa shape index (κ2) is 13.4. The number of anilines is 4. The Labute approximate surface area is 212 Å². The van der Waals surface area contributed by atoms with Crippen molar-refractivity contribution in [2.75, 3.05) is 68.0 Å². The third-order valence-electron chi connectivity index (χ3n) is 6.43. The maximum absolute atomic E-state index is 9.81. The minimum Gasteiger partial charge on any atom is -0.393 e. The van der Waals surface area contributed by atoms with Crippen LogP contribution in [-0.2, 0) is 4.74 Å². The molecule has 2 aliphatic rings. The molecule has 1 saturated heterocycles. The predicted molar refractivity (Wildman–Crippen MR) is 141 cm³/mol. The molecule has 0 amide bonds. The van der Waals surface area contributed by atoms with Crippen LogP contribution in [0.15, 0.2) is 18.6 Å². The van der Waals surface area contributed by atoms with Crippen LogP contribution in [0.3, 0.4) is 0 Å². The molecule has 1 saturated carbocycles. The quantitative estimate of drug-likeness (QED) is 0.184. The highest BCUT2D eigenvalue weighted by Crippen LogP contribution is 2.29. The zero-order valence-corrected chi connectivity index (χ0v) is 21.0. The van der Waals surface area contributed by atoms with E-state index in [1.165, 1.54) is 6.33 Å². The summed E-state index contributed by atoms with van der Waals surface area (Å²) in [6.45, 7) is 7.35. The van der Waals surface area contributed by atoms with E-state index in [0.29, 0.717) is 61.0 Å². The zero-order chi connectivity index (χ0) is 25.2. The average molecular weight is 499 g/mol. The number of piperazine rings is 1. The Hall–Kier alpha value is -2.93. The van der Waals surface area contributed by atoms with Gasteiger partial charge in [0.2, 0.25) is 5.95 Å². The summed E-state index contributed by atoms with van der Waals surface area (Å²) in [5.74, 6) is 1.76. The molecule has 2 aromatic rings. The van der Waals surface area contributed by atoms with Crippen molar-refractivity contribution in [1.82, 2.24) is 30.6 Å². The van der Waals surface area contributed by atoms with Gasteiger partial charge < -0.3 is 41.4 Å². The molecular formula is C24H38N10O2. The molecule has 12 nitrogen and oxygen atoms in total. The van der Waals surface area contributed by atoms with E-state index in [1.807, 2.05) is 6.92 Å². The van der Waals surface area contributed by atoms with Gasteiger partial charge in [0.15, 0.2) is 5.82 Å². The molecule has 0 atom stereocenters. The maximum Gasteiger partial charge on any atom is 0.228 e. The Bertz CT molecular complexity index is 963. The number of nitrogens with one attached hydrogen (secondary N) is 5. The standard InChI is InChI=1S/C24H38N10O2/c1-2-36-14-11-28-22-21(19(25)15-29-17-3-5-18(35)6-4-17)32-24(34-12-9-26-10-13-34)33-23(22)31-20-7-8-27-16-30-20/h7-8,16-18,25-26,28-29,35H,2-6,9-15H2,1H3,(H,27,30,31,32,33). The molecule has 0 radical (unpaired) electrons. The van der Waals surface area contributed by atoms with Gasteiger partial charge in [-0.05, 0) is 38.7 Å². The van der Waals surface area contributed by atoms with Gasteiger partial charge in [-0.25, -0.2) is 15.0 Å². The molecule has 0 bridgehead atoms. The molecule has 1 aliphatic carbocycles. The van der Waals surface area contributed by atoms with Gasteiger partial charge in [0.1, 0.15) is 23.5 Å². The van der Waals surface area contributed by atoms with Crippen molar-refractivity contribution < 1.29 is 9.84 Å². The maximum atomic E-state index is 9.81. The molecule has 2 aromatic heterocycles. The van der Waals surface area contributed by atoms with E-state index in [2.05, 4.69) is 36.1 Å². The molecule has 36 heavy (non-hydrogen) atoms. The van der Waals surface area contributed by atoms with E-state index in [-0.39, 0.29) is 12.1 Å². The molecule has 0 unspecified atom stereocenters. The molecule has 4 rings (SSSR count). The fourth-order valence-electron chi connectivity index (χ4n) is 4.42. The van der Waals surface area contributed by atoms with Crippen molar-refractivity contribution in [3.8, 4) is 0 Å². The minimum absolute atomic E-state index is 0.206. The lowest BCUT2D eigenvalue weighted by molar-refractivity contribution is 0.118. The molecule has 196 valence electrons. The fraction of sp³-hybridized carbons (Fsp3) is 0.625. The Balaban J connectivity index is 1.62. The van der Waals surface area contributed by atoms with Crippen LogP contribution in [0.25, 0.3) is 0 Å². The van der Waals surface area contributed by atoms with Crippen molar-refractivity contribution in [2.45, 2.75) is 44.8 Å². The molecular weight excluding hydrogens is 460 g/mol. The van der Waals surface area contributed by atoms with Gasteiger partial charge >= 0.3 is 0 Å². The molecule has 6 N–H and O–H groups in total. The van der Waals surface area contributed by atoms with Crippen LogP contribution in [-0.4, -0.2) is 95.4 Å². The topological polar surface area (TPSA) is 156 Å². The van der Waals surface area contributed by atoms with E-state index >= 15 is 0 Å². The zero-order valence-electron chi connectivity index (χ0n) is 21.0. The summed E-state index contributed by atoms with van der Waals surface area (Å²) in [5.41, 5.74) is 1.58. The van der Waals surface area contributed by atoms with Gasteiger partial charge in [0.05, 0.1) is 18.4 Å². The van der Waals surface area contributed by atoms with Crippen LogP contribution >= 0.6 is 0 Å². The summed E-state index contributed by atoms with van der Waals surface area (Å²) in [7, 11) is 0. The fourth-order valence-corrected chi connectivity index (χ4v) is 4.42. The van der Waals surface area contributed by atoms with Crippen molar-refractivity contribution in [1.29, 1.82) is 5.41 Å². The van der Waals surface area contributed by atoms with E-state index in [4.69, 9.17) is 20.1 Å². The second-order valence-electron chi connectivity index (χ2n) is 9.04. The summed E-state index contributed by atoms with van der Waals surface area (Å²) in [6, 6.07) is 2.07. The highest BCUT2D eigenvalue weighted by atomic mass is 16.5. The van der Waals surface area contributed by atoms with Gasteiger partial charge in [0.25, 0.3) is 0 Å². The van der Waals surface area contributed by atoms with Crippen LogP contribution in [0.5, 0.6) is 0 Å². The molecule has 1 aliphatic heterocycles. The average Bonchev–Trinajstić information content (AvgIpc) is 2.92. The number of rotatable bonds is 12. The van der Waals surface area contributed by atoms with Gasteiger partial charge in [0, 0.05) is 58.1 Å². The first-order chi connectivity index (χ1) is 17.6. The summed E-state index contributed by atoms with van der Waals surface area (Å²) < 4.78 is 5.52. The SMILES string of the molecule is CCOCCNc1c(Nc2ccncn2)nc(N2CCNCC2)nc1C(=N)CNC1CCC(O)CC1. The highest BCUT2D eigenvalue weighted by Gasteiger charge is 2.24. The number of aliphatic hydroxyl groups excluding tert-OH is 1. The van der Waals surface area contributed by atoms with Gasteiger partial charge in [-0.15, -0.1) is 0 Å². The number of aliphatic hydroxyl groups is 1. The highest BCUT2D eigenvalue weighted by molar-refractivity contribution is 6.05. The molecule has 3 heterocycles. The summed E-state index contributed by atoms with van der Waals surface area (Å²) in [5, 5.41) is 32.4. The van der Waals surface area contributed by atoms with Gasteiger partial charge in [-0.2, -0.15) is 4.98 Å². The largest absolute Gasteiger partial charge is 0.393 e. The first-order valence-corrected chi connectivity index (χ1v) is 12.9. The first kappa shape index (κ1) is 26.1. The molecule has 12 heteroatoms. The number of hydrogen-bond donors (Lipinski definition) is 6. The number of ether oxygens (including phenoxy) is 1. The summed E-state index contributed by atoms with van der Waals surface area (Å²) in [6.07, 6.45) is 6.35. The van der Waals surface area contributed by atoms with Crippen molar-refractivity contribution in [3.63, 3.8) is 0 Å². The third-order valence-corrected chi connectivity index (χ3v) is 6.43. The summed E-state index contributed by atoms with van der Waals surface area (Å²) in [4.78, 5) is 20.2. The van der Waals surface area contributed by atoms with Crippen LogP contribution in [0.2, 0.25) is 0 Å². The van der Waals surface area contributed by atoms with E-state index in [0.717, 1.165) is 51.9 Å². The Morgan fingerprint density at radius 1 is 1.22 bits per heavy atom. The molecule has 0 spiro atoms. The van der Waals surface area contributed by atoms with Gasteiger partial charge in [-0.1, -0.05) is 0 Å². The Morgan fingerprint density at radius 3 is 2.75 bits per heavy atom. The van der Waals surface area contributed by atoms with E-state index < -0.39 is 0 Å². The van der Waals surface area contributed by atoms with E-state index in [1.54, 1.807) is 12.3 Å². The first-order valence-electron chi connectivity index (χ1n) is 12.9. The Kier molecular flexibility index (Phi) is 9.73. The molecule has 2 fully saturated rings. The van der Waals surface area contributed by atoms with Crippen molar-refractivity contribution in [2.24, 2.45) is 0 Å². The monoisotopic (exact) mass is 498 g/mol. The van der Waals surface area contributed by atoms with Crippen LogP contribution < -0.4 is 26.2 Å². The smallest absolute Gasteiger partial charge is 0.228 e. The lowest BCUT2D eigenvalue weighted by Gasteiger charge is -2.29. The number of aromatic nitrogens is 4. The number of nitrogens with zero attached hydrogens (tertiary/aromatic N) is 5. The van der Waals surface area contributed by atoms with Crippen LogP contribution in [0, 0.1) is 5.41 Å². The van der Waals surface area contributed by atoms with E-state index in [9.17, 15) is 5.11 Å². The molecule has 0 aromatic carbocycles. The van der Waals surface area contributed by atoms with Gasteiger partial charge in [-0.3, -0.25) is 0 Å².